The van der Waals surface area contributed by atoms with E-state index in [1.807, 2.05) is 0 Å². The van der Waals surface area contributed by atoms with Crippen LogP contribution in [0.5, 0.6) is 0 Å². The third-order valence-electron chi connectivity index (χ3n) is 10.0. The quantitative estimate of drug-likeness (QED) is 0.368. The Morgan fingerprint density at radius 3 is 2.11 bits per heavy atom. The van der Waals surface area contributed by atoms with E-state index in [0.717, 1.165) is 22.3 Å². The summed E-state index contributed by atoms with van der Waals surface area (Å²) in [6.07, 6.45) is 7.01. The molecule has 7 unspecified atom stereocenters. The third kappa shape index (κ3) is 4.51. The van der Waals surface area contributed by atoms with Crippen molar-refractivity contribution in [3.8, 4) is 0 Å². The predicted octanol–water partition coefficient (Wildman–Crippen LogP) is 10.2. The van der Waals surface area contributed by atoms with E-state index >= 15 is 0 Å². The van der Waals surface area contributed by atoms with Gasteiger partial charge in [0, 0.05) is 22.0 Å². The summed E-state index contributed by atoms with van der Waals surface area (Å²) in [7, 11) is 0. The van der Waals surface area contributed by atoms with Gasteiger partial charge in [0.2, 0.25) is 0 Å². The molecule has 0 aromatic heterocycles. The van der Waals surface area contributed by atoms with Crippen LogP contribution in [0.3, 0.4) is 0 Å². The Balaban J connectivity index is 1.32. The van der Waals surface area contributed by atoms with Gasteiger partial charge >= 0.3 is 0 Å². The number of benzene rings is 2. The normalized spacial score (nSPS) is 34.2. The lowest BCUT2D eigenvalue weighted by atomic mass is 9.67. The lowest BCUT2D eigenvalue weighted by molar-refractivity contribution is 0.239. The average molecular weight is 519 g/mol. The molecule has 0 radical (unpaired) electrons. The second kappa shape index (κ2) is 9.41. The van der Waals surface area contributed by atoms with Gasteiger partial charge in [-0.3, -0.25) is 0 Å². The maximum Gasteiger partial charge on any atom is 0.0190 e. The zero-order valence-electron chi connectivity index (χ0n) is 23.3. The van der Waals surface area contributed by atoms with Gasteiger partial charge in [0.25, 0.3) is 0 Å². The summed E-state index contributed by atoms with van der Waals surface area (Å²) < 4.78 is 0. The fourth-order valence-electron chi connectivity index (χ4n) is 8.74. The van der Waals surface area contributed by atoms with Crippen LogP contribution in [0.25, 0.3) is 0 Å². The number of hydrogen-bond donors (Lipinski definition) is 0. The van der Waals surface area contributed by atoms with Crippen molar-refractivity contribution in [3.05, 3.63) is 70.3 Å². The first-order valence-electron chi connectivity index (χ1n) is 14.5. The summed E-state index contributed by atoms with van der Waals surface area (Å²) in [5.41, 5.74) is 8.86. The Bertz CT molecular complexity index is 1100. The molecule has 36 heavy (non-hydrogen) atoms. The highest BCUT2D eigenvalue weighted by molar-refractivity contribution is 7.99. The second-order valence-corrected chi connectivity index (χ2v) is 16.9. The topological polar surface area (TPSA) is 0 Å². The number of fused-ring (bicyclic) bond motifs is 4. The van der Waals surface area contributed by atoms with E-state index in [4.69, 9.17) is 0 Å². The second-order valence-electron chi connectivity index (χ2n) is 14.5. The fraction of sp³-hybridized carbons (Fsp3) is 0.647. The zero-order valence-corrected chi connectivity index (χ0v) is 25.0. The van der Waals surface area contributed by atoms with Gasteiger partial charge < -0.3 is 0 Å². The minimum Gasteiger partial charge on any atom is -0.153 e. The van der Waals surface area contributed by atoms with Crippen molar-refractivity contribution in [2.45, 2.75) is 113 Å². The van der Waals surface area contributed by atoms with Crippen LogP contribution < -0.4 is 0 Å². The van der Waals surface area contributed by atoms with Crippen molar-refractivity contribution in [1.82, 2.24) is 0 Å². The zero-order chi connectivity index (χ0) is 25.2. The van der Waals surface area contributed by atoms with E-state index in [0.29, 0.717) is 28.6 Å². The molecule has 2 aromatic carbocycles. The third-order valence-corrected chi connectivity index (χ3v) is 13.0. The molecule has 2 aliphatic carbocycles. The average Bonchev–Trinajstić information content (AvgIpc) is 3.36. The molecule has 0 amide bonds. The highest BCUT2D eigenvalue weighted by atomic mass is 32.2. The molecule has 2 fully saturated rings. The molecule has 6 rings (SSSR count). The van der Waals surface area contributed by atoms with E-state index in [1.54, 1.807) is 27.8 Å². The molecular formula is C34H46S2. The molecule has 0 nitrogen and oxygen atoms in total. The highest BCUT2D eigenvalue weighted by Gasteiger charge is 2.47. The monoisotopic (exact) mass is 518 g/mol. The van der Waals surface area contributed by atoms with Gasteiger partial charge in [-0.15, -0.1) is 0 Å². The van der Waals surface area contributed by atoms with Gasteiger partial charge in [-0.25, -0.2) is 0 Å². The molecule has 2 saturated carbocycles. The first kappa shape index (κ1) is 25.4. The molecule has 4 aliphatic rings. The van der Waals surface area contributed by atoms with Crippen LogP contribution in [0.4, 0.5) is 0 Å². The Labute approximate surface area is 229 Å². The number of rotatable bonds is 1. The highest BCUT2D eigenvalue weighted by Crippen LogP contribution is 2.58. The molecule has 2 heteroatoms. The minimum absolute atomic E-state index is 0.293. The van der Waals surface area contributed by atoms with Gasteiger partial charge in [-0.1, -0.05) is 90.4 Å². The first-order chi connectivity index (χ1) is 17.1. The lowest BCUT2D eigenvalue weighted by Gasteiger charge is -2.38. The van der Waals surface area contributed by atoms with Crippen molar-refractivity contribution >= 4 is 23.5 Å². The van der Waals surface area contributed by atoms with Gasteiger partial charge in [0.15, 0.2) is 0 Å². The summed E-state index contributed by atoms with van der Waals surface area (Å²) in [6.45, 7) is 14.9. The number of thioether (sulfide) groups is 2. The van der Waals surface area contributed by atoms with E-state index < -0.39 is 0 Å². The van der Waals surface area contributed by atoms with Crippen LogP contribution in [-0.4, -0.2) is 10.5 Å². The summed E-state index contributed by atoms with van der Waals surface area (Å²) >= 11 is 4.54. The molecule has 0 N–H and O–H groups in total. The molecule has 0 bridgehead atoms. The predicted molar refractivity (Wildman–Crippen MR) is 160 cm³/mol. The molecule has 0 spiro atoms. The molecule has 2 aromatic rings. The van der Waals surface area contributed by atoms with Gasteiger partial charge in [0.1, 0.15) is 0 Å². The minimum atomic E-state index is 0.293. The first-order valence-corrected chi connectivity index (χ1v) is 16.6. The summed E-state index contributed by atoms with van der Waals surface area (Å²) in [4.78, 5) is 0. The van der Waals surface area contributed by atoms with Crippen molar-refractivity contribution in [2.24, 2.45) is 22.7 Å². The molecule has 0 saturated heterocycles. The van der Waals surface area contributed by atoms with E-state index in [1.165, 1.54) is 43.6 Å². The maximum absolute atomic E-state index is 2.68. The van der Waals surface area contributed by atoms with Crippen LogP contribution in [0.15, 0.2) is 42.5 Å². The van der Waals surface area contributed by atoms with Crippen LogP contribution in [0.1, 0.15) is 119 Å². The largest absolute Gasteiger partial charge is 0.153 e. The van der Waals surface area contributed by atoms with Crippen LogP contribution in [0, 0.1) is 22.7 Å². The standard InChI is InChI=1S/C34H46S2/c1-33(2,3)31-26-15-14-21(16-24(26)20-35-29-13-9-12-27(29)31)23-17-28-30(18-23)36-19-22-10-7-8-11-25(22)32(28)34(4,5)6/h7-8,10-11,14-16,23,27-32H,9,12-13,17-20H2,1-6H3. The van der Waals surface area contributed by atoms with Crippen molar-refractivity contribution in [1.29, 1.82) is 0 Å². The molecule has 2 aliphatic heterocycles. The van der Waals surface area contributed by atoms with Gasteiger partial charge in [0.05, 0.1) is 0 Å². The maximum atomic E-state index is 2.68. The van der Waals surface area contributed by atoms with Crippen LogP contribution in [0.2, 0.25) is 0 Å². The Morgan fingerprint density at radius 1 is 0.667 bits per heavy atom. The number of hydrogen-bond acceptors (Lipinski definition) is 2. The smallest absolute Gasteiger partial charge is 0.0190 e. The molecular weight excluding hydrogens is 473 g/mol. The summed E-state index contributed by atoms with van der Waals surface area (Å²) in [5.74, 6) is 6.13. The molecule has 7 atom stereocenters. The molecule has 194 valence electrons. The summed E-state index contributed by atoms with van der Waals surface area (Å²) in [6, 6.07) is 17.2. The summed E-state index contributed by atoms with van der Waals surface area (Å²) in [5, 5.41) is 1.65. The Hall–Kier alpha value is -0.860. The van der Waals surface area contributed by atoms with Crippen LogP contribution >= 0.6 is 23.5 Å². The SMILES string of the molecule is CC(C)(C)C1c2ccc(C3CC4SCc5ccccc5C(C(C)(C)C)C4C3)cc2CSC2CCCC21. The van der Waals surface area contributed by atoms with E-state index in [-0.39, 0.29) is 0 Å². The van der Waals surface area contributed by atoms with Crippen molar-refractivity contribution in [3.63, 3.8) is 0 Å². The van der Waals surface area contributed by atoms with E-state index in [2.05, 4.69) is 108 Å². The Morgan fingerprint density at radius 2 is 1.33 bits per heavy atom. The van der Waals surface area contributed by atoms with E-state index in [9.17, 15) is 0 Å². The van der Waals surface area contributed by atoms with Gasteiger partial charge in [-0.05, 0) is 93.9 Å². The van der Waals surface area contributed by atoms with Crippen molar-refractivity contribution in [2.75, 3.05) is 0 Å². The fourth-order valence-corrected chi connectivity index (χ4v) is 11.8. The Kier molecular flexibility index (Phi) is 6.64. The lowest BCUT2D eigenvalue weighted by Crippen LogP contribution is -2.29. The van der Waals surface area contributed by atoms with Crippen molar-refractivity contribution < 1.29 is 0 Å². The molecule has 2 heterocycles. The van der Waals surface area contributed by atoms with Gasteiger partial charge in [-0.2, -0.15) is 23.5 Å². The van der Waals surface area contributed by atoms with Crippen LogP contribution in [-0.2, 0) is 11.5 Å².